The van der Waals surface area contributed by atoms with Gasteiger partial charge < -0.3 is 9.80 Å². The van der Waals surface area contributed by atoms with Gasteiger partial charge in [0.25, 0.3) is 0 Å². The molecule has 26 heavy (non-hydrogen) atoms. The van der Waals surface area contributed by atoms with E-state index in [0.717, 1.165) is 31.6 Å². The largest absolute Gasteiger partial charge is 0.368 e. The normalized spacial score (nSPS) is 22.5. The quantitative estimate of drug-likeness (QED) is 0.777. The molecule has 3 rings (SSSR count). The van der Waals surface area contributed by atoms with Gasteiger partial charge in [0, 0.05) is 50.0 Å². The predicted octanol–water partition coefficient (Wildman–Crippen LogP) is 2.05. The van der Waals surface area contributed by atoms with Crippen LogP contribution >= 0.6 is 11.6 Å². The van der Waals surface area contributed by atoms with Crippen LogP contribution in [0, 0.1) is 5.92 Å². The van der Waals surface area contributed by atoms with E-state index in [4.69, 9.17) is 11.6 Å². The summed E-state index contributed by atoms with van der Waals surface area (Å²) in [4.78, 5) is 17.0. The molecular formula is C18H26ClN3O3S. The van der Waals surface area contributed by atoms with Crippen LogP contribution in [0.5, 0.6) is 0 Å². The highest BCUT2D eigenvalue weighted by Crippen LogP contribution is 2.24. The second-order valence-corrected chi connectivity index (χ2v) is 9.58. The van der Waals surface area contributed by atoms with Crippen molar-refractivity contribution in [3.63, 3.8) is 0 Å². The summed E-state index contributed by atoms with van der Waals surface area (Å²) in [5.41, 5.74) is 1.07. The van der Waals surface area contributed by atoms with E-state index in [1.807, 2.05) is 29.2 Å². The van der Waals surface area contributed by atoms with Gasteiger partial charge in [-0.15, -0.1) is 0 Å². The third-order valence-corrected chi connectivity index (χ3v) is 7.34. The summed E-state index contributed by atoms with van der Waals surface area (Å²) in [6.45, 7) is 5.33. The first-order valence-electron chi connectivity index (χ1n) is 9.18. The standard InChI is InChI=1S/C18H26ClN3O3S/c1-2-26(24,25)22-8-4-5-15(14-22)18(23)21-11-9-20(10-12-21)17-7-3-6-16(19)13-17/h3,6-7,13,15H,2,4-5,8-12,14H2,1H3/t15-/m1/s1. The number of carbonyl (C=O) groups is 1. The molecule has 0 aliphatic carbocycles. The van der Waals surface area contributed by atoms with E-state index in [2.05, 4.69) is 4.90 Å². The molecule has 0 aromatic heterocycles. The third kappa shape index (κ3) is 4.32. The number of amides is 1. The molecule has 2 fully saturated rings. The molecular weight excluding hydrogens is 374 g/mol. The van der Waals surface area contributed by atoms with Gasteiger partial charge in [0.15, 0.2) is 0 Å². The van der Waals surface area contributed by atoms with Gasteiger partial charge in [-0.2, -0.15) is 0 Å². The lowest BCUT2D eigenvalue weighted by atomic mass is 9.97. The Kier molecular flexibility index (Phi) is 6.10. The Labute approximate surface area is 160 Å². The SMILES string of the molecule is CCS(=O)(=O)N1CCC[C@@H](C(=O)N2CCN(c3cccc(Cl)c3)CC2)C1. The average Bonchev–Trinajstić information content (AvgIpc) is 2.67. The van der Waals surface area contributed by atoms with Crippen LogP contribution in [0.2, 0.25) is 5.02 Å². The molecule has 1 aromatic carbocycles. The molecule has 0 saturated carbocycles. The minimum absolute atomic E-state index is 0.0895. The van der Waals surface area contributed by atoms with Crippen molar-refractivity contribution >= 4 is 33.2 Å². The van der Waals surface area contributed by atoms with Crippen LogP contribution < -0.4 is 4.90 Å². The monoisotopic (exact) mass is 399 g/mol. The third-order valence-electron chi connectivity index (χ3n) is 5.26. The number of rotatable bonds is 4. The van der Waals surface area contributed by atoms with E-state index in [0.29, 0.717) is 31.2 Å². The Bertz CT molecular complexity index is 748. The molecule has 0 spiro atoms. The zero-order valence-corrected chi connectivity index (χ0v) is 16.7. The lowest BCUT2D eigenvalue weighted by molar-refractivity contribution is -0.137. The molecule has 0 radical (unpaired) electrons. The number of nitrogens with zero attached hydrogens (tertiary/aromatic N) is 3. The van der Waals surface area contributed by atoms with Crippen molar-refractivity contribution in [3.05, 3.63) is 29.3 Å². The molecule has 2 saturated heterocycles. The highest BCUT2D eigenvalue weighted by Gasteiger charge is 2.34. The lowest BCUT2D eigenvalue weighted by Gasteiger charge is -2.39. The summed E-state index contributed by atoms with van der Waals surface area (Å²) in [7, 11) is -3.23. The number of piperidine rings is 1. The highest BCUT2D eigenvalue weighted by atomic mass is 35.5. The van der Waals surface area contributed by atoms with Crippen LogP contribution in [0.15, 0.2) is 24.3 Å². The maximum absolute atomic E-state index is 12.9. The lowest BCUT2D eigenvalue weighted by Crippen LogP contribution is -2.53. The fourth-order valence-corrected chi connectivity index (χ4v) is 5.06. The maximum Gasteiger partial charge on any atom is 0.227 e. The van der Waals surface area contributed by atoms with E-state index in [9.17, 15) is 13.2 Å². The van der Waals surface area contributed by atoms with Gasteiger partial charge in [-0.25, -0.2) is 12.7 Å². The molecule has 0 N–H and O–H groups in total. The second kappa shape index (κ2) is 8.15. The van der Waals surface area contributed by atoms with Crippen molar-refractivity contribution in [2.75, 3.05) is 49.9 Å². The highest BCUT2D eigenvalue weighted by molar-refractivity contribution is 7.89. The molecule has 8 heteroatoms. The molecule has 2 aliphatic heterocycles. The fourth-order valence-electron chi connectivity index (χ4n) is 3.70. The summed E-state index contributed by atoms with van der Waals surface area (Å²) >= 11 is 6.06. The van der Waals surface area contributed by atoms with Crippen molar-refractivity contribution in [2.45, 2.75) is 19.8 Å². The second-order valence-electron chi connectivity index (χ2n) is 6.89. The molecule has 0 bridgehead atoms. The number of hydrogen-bond donors (Lipinski definition) is 0. The molecule has 0 unspecified atom stereocenters. The first kappa shape index (κ1) is 19.5. The van der Waals surface area contributed by atoms with Crippen molar-refractivity contribution in [1.82, 2.24) is 9.21 Å². The topological polar surface area (TPSA) is 60.9 Å². The minimum Gasteiger partial charge on any atom is -0.368 e. The summed E-state index contributed by atoms with van der Waals surface area (Å²) in [5.74, 6) is -0.0405. The summed E-state index contributed by atoms with van der Waals surface area (Å²) in [6.07, 6.45) is 1.52. The Hall–Kier alpha value is -1.31. The van der Waals surface area contributed by atoms with Crippen LogP contribution in [0.1, 0.15) is 19.8 Å². The number of anilines is 1. The maximum atomic E-state index is 12.9. The Morgan fingerprint density at radius 3 is 2.58 bits per heavy atom. The number of benzene rings is 1. The van der Waals surface area contributed by atoms with Crippen LogP contribution in [0.3, 0.4) is 0 Å². The Morgan fingerprint density at radius 1 is 1.19 bits per heavy atom. The number of halogens is 1. The molecule has 1 atom stereocenters. The van der Waals surface area contributed by atoms with Gasteiger partial charge in [-0.05, 0) is 38.0 Å². The van der Waals surface area contributed by atoms with Crippen molar-refractivity contribution in [3.8, 4) is 0 Å². The van der Waals surface area contributed by atoms with Gasteiger partial charge in [-0.1, -0.05) is 17.7 Å². The van der Waals surface area contributed by atoms with Gasteiger partial charge >= 0.3 is 0 Å². The molecule has 1 aromatic rings. The molecule has 2 heterocycles. The van der Waals surface area contributed by atoms with Gasteiger partial charge in [0.05, 0.1) is 11.7 Å². The molecule has 6 nitrogen and oxygen atoms in total. The summed E-state index contributed by atoms with van der Waals surface area (Å²) in [6, 6.07) is 7.75. The zero-order chi connectivity index (χ0) is 18.7. The fraction of sp³-hybridized carbons (Fsp3) is 0.611. The Balaban J connectivity index is 1.58. The van der Waals surface area contributed by atoms with Crippen LogP contribution in [-0.2, 0) is 14.8 Å². The minimum atomic E-state index is -3.23. The number of carbonyl (C=O) groups excluding carboxylic acids is 1. The van der Waals surface area contributed by atoms with Crippen LogP contribution in [0.4, 0.5) is 5.69 Å². The van der Waals surface area contributed by atoms with Crippen molar-refractivity contribution < 1.29 is 13.2 Å². The van der Waals surface area contributed by atoms with E-state index >= 15 is 0 Å². The van der Waals surface area contributed by atoms with Crippen LogP contribution in [-0.4, -0.2) is 68.6 Å². The van der Waals surface area contributed by atoms with E-state index in [1.165, 1.54) is 4.31 Å². The predicted molar refractivity (Wildman–Crippen MR) is 104 cm³/mol. The van der Waals surface area contributed by atoms with Crippen LogP contribution in [0.25, 0.3) is 0 Å². The first-order valence-corrected chi connectivity index (χ1v) is 11.2. The summed E-state index contributed by atoms with van der Waals surface area (Å²) in [5, 5.41) is 0.709. The molecule has 144 valence electrons. The van der Waals surface area contributed by atoms with E-state index < -0.39 is 10.0 Å². The van der Waals surface area contributed by atoms with Gasteiger partial charge in [-0.3, -0.25) is 4.79 Å². The molecule has 1 amide bonds. The smallest absolute Gasteiger partial charge is 0.227 e. The van der Waals surface area contributed by atoms with Gasteiger partial charge in [0.2, 0.25) is 15.9 Å². The Morgan fingerprint density at radius 2 is 1.92 bits per heavy atom. The van der Waals surface area contributed by atoms with Gasteiger partial charge in [0.1, 0.15) is 0 Å². The number of sulfonamides is 1. The summed E-state index contributed by atoms with van der Waals surface area (Å²) < 4.78 is 25.7. The number of piperazine rings is 1. The van der Waals surface area contributed by atoms with Crippen molar-refractivity contribution in [2.24, 2.45) is 5.92 Å². The number of hydrogen-bond acceptors (Lipinski definition) is 4. The zero-order valence-electron chi connectivity index (χ0n) is 15.1. The molecule has 2 aliphatic rings. The van der Waals surface area contributed by atoms with E-state index in [1.54, 1.807) is 6.92 Å². The first-order chi connectivity index (χ1) is 12.4. The van der Waals surface area contributed by atoms with E-state index in [-0.39, 0.29) is 17.6 Å². The average molecular weight is 400 g/mol. The van der Waals surface area contributed by atoms with Crippen molar-refractivity contribution in [1.29, 1.82) is 0 Å².